The SMILES string of the molecule is Nc1ccc(C(COC(=O)/C=C/c2ccc(C(F)(F)Oc3ccc(OCCCCC(F)(F)F)cc3F)cc2)COC(=O)/C=C/c2ccc(C(F)(F)Oc3ccc(OCCCCC(F)(F)F)cc3F)cc2)c(N)c1. The maximum Gasteiger partial charge on any atom is 0.426 e. The molecule has 5 aromatic carbocycles. The number of halogens is 12. The number of unbranched alkanes of at least 4 members (excludes halogenated alkanes) is 2. The normalized spacial score (nSPS) is 12.3. The monoisotopic (exact) mass is 1040 g/mol. The number of hydrogen-bond acceptors (Lipinski definition) is 10. The third-order valence-electron chi connectivity index (χ3n) is 10.3. The summed E-state index contributed by atoms with van der Waals surface area (Å²) in [4.78, 5) is 25.5. The number of nitrogens with two attached hydrogens (primary N) is 2. The lowest BCUT2D eigenvalue weighted by Crippen LogP contribution is -2.22. The Labute approximate surface area is 410 Å². The van der Waals surface area contributed by atoms with Crippen molar-refractivity contribution in [3.8, 4) is 23.0 Å². The maximum atomic E-state index is 15.0. The molecule has 0 aromatic heterocycles. The molecule has 0 saturated carbocycles. The van der Waals surface area contributed by atoms with Crippen LogP contribution < -0.4 is 30.4 Å². The first-order valence-electron chi connectivity index (χ1n) is 22.0. The Hall–Kier alpha value is -7.52. The van der Waals surface area contributed by atoms with Gasteiger partial charge in [-0.05, 0) is 115 Å². The van der Waals surface area contributed by atoms with Crippen LogP contribution in [0.5, 0.6) is 23.0 Å². The highest BCUT2D eigenvalue weighted by Gasteiger charge is 2.37. The first-order valence-corrected chi connectivity index (χ1v) is 22.0. The summed E-state index contributed by atoms with van der Waals surface area (Å²) in [5.74, 6) is -6.87. The van der Waals surface area contributed by atoms with Crippen molar-refractivity contribution >= 4 is 35.5 Å². The number of esters is 2. The standard InChI is InChI=1S/C51H46F12N2O8/c52-41-28-38(68-25-3-1-23-48(54,55)56)16-19-44(41)72-50(60,61)35-11-5-32(6-12-35)9-21-46(66)70-30-34(40-18-15-37(64)27-43(40)65)31-71-47(67)22-10-33-7-13-36(14-8-33)51(62,63)73-45-20-17-39(29-42(45)53)69-26-4-2-24-49(57,58)59/h5-22,27-29,34H,1-4,23-26,30-31,64-65H2/b21-9+,22-10+. The van der Waals surface area contributed by atoms with Gasteiger partial charge in [-0.2, -0.15) is 43.9 Å². The number of hydrogen-bond donors (Lipinski definition) is 2. The fourth-order valence-corrected chi connectivity index (χ4v) is 6.50. The summed E-state index contributed by atoms with van der Waals surface area (Å²) in [6, 6.07) is 18.8. The van der Waals surface area contributed by atoms with Crippen LogP contribution in [0.4, 0.5) is 64.1 Å². The molecule has 392 valence electrons. The zero-order valence-electron chi connectivity index (χ0n) is 38.2. The molecule has 10 nitrogen and oxygen atoms in total. The number of carbonyl (C=O) groups excluding carboxylic acids is 2. The molecule has 0 radical (unpaired) electrons. The topological polar surface area (TPSA) is 142 Å². The Morgan fingerprint density at radius 1 is 0.521 bits per heavy atom. The molecular weight excluding hydrogens is 997 g/mol. The summed E-state index contributed by atoms with van der Waals surface area (Å²) in [6.45, 7) is -1.07. The van der Waals surface area contributed by atoms with Crippen molar-refractivity contribution in [2.45, 2.75) is 69.0 Å². The van der Waals surface area contributed by atoms with Gasteiger partial charge in [-0.15, -0.1) is 0 Å². The van der Waals surface area contributed by atoms with Gasteiger partial charge in [0.1, 0.15) is 24.7 Å². The van der Waals surface area contributed by atoms with Crippen LogP contribution in [-0.2, 0) is 31.3 Å². The van der Waals surface area contributed by atoms with Crippen LogP contribution in [0.3, 0.4) is 0 Å². The molecule has 73 heavy (non-hydrogen) atoms. The van der Waals surface area contributed by atoms with E-state index in [2.05, 4.69) is 9.47 Å². The molecular formula is C51H46F12N2O8. The van der Waals surface area contributed by atoms with Crippen LogP contribution >= 0.6 is 0 Å². The van der Waals surface area contributed by atoms with Crippen LogP contribution in [0, 0.1) is 11.6 Å². The molecule has 5 aromatic rings. The van der Waals surface area contributed by atoms with Gasteiger partial charge < -0.3 is 39.9 Å². The minimum absolute atomic E-state index is 0.0299. The quantitative estimate of drug-likeness (QED) is 0.0191. The summed E-state index contributed by atoms with van der Waals surface area (Å²) in [5.41, 5.74) is 12.1. The van der Waals surface area contributed by atoms with Gasteiger partial charge in [0.05, 0.1) is 30.3 Å². The Kier molecular flexibility index (Phi) is 19.5. The van der Waals surface area contributed by atoms with Gasteiger partial charge in [-0.25, -0.2) is 18.4 Å². The second kappa shape index (κ2) is 25.2. The molecule has 0 aliphatic carbocycles. The molecule has 0 heterocycles. The lowest BCUT2D eigenvalue weighted by atomic mass is 9.98. The Bertz CT molecular complexity index is 2520. The first kappa shape index (κ1) is 56.4. The van der Waals surface area contributed by atoms with Crippen LogP contribution in [-0.4, -0.2) is 50.7 Å². The van der Waals surface area contributed by atoms with Crippen molar-refractivity contribution < 1.29 is 90.7 Å². The van der Waals surface area contributed by atoms with Gasteiger partial charge in [0.2, 0.25) is 0 Å². The van der Waals surface area contributed by atoms with E-state index in [-0.39, 0.29) is 80.4 Å². The minimum atomic E-state index is -4.32. The molecule has 0 atom stereocenters. The Morgan fingerprint density at radius 3 is 1.30 bits per heavy atom. The second-order valence-electron chi connectivity index (χ2n) is 16.0. The summed E-state index contributed by atoms with van der Waals surface area (Å²) >= 11 is 0. The number of alkyl halides is 10. The van der Waals surface area contributed by atoms with E-state index in [1.54, 1.807) is 0 Å². The van der Waals surface area contributed by atoms with Crippen molar-refractivity contribution in [3.05, 3.63) is 155 Å². The molecule has 5 rings (SSSR count). The lowest BCUT2D eigenvalue weighted by Gasteiger charge is -2.19. The predicted molar refractivity (Wildman–Crippen MR) is 244 cm³/mol. The smallest absolute Gasteiger partial charge is 0.426 e. The third-order valence-corrected chi connectivity index (χ3v) is 10.3. The fraction of sp³-hybridized carbons (Fsp3) is 0.294. The number of anilines is 2. The van der Waals surface area contributed by atoms with Gasteiger partial charge in [0, 0.05) is 48.5 Å². The van der Waals surface area contributed by atoms with Crippen LogP contribution in [0.1, 0.15) is 72.3 Å². The molecule has 0 amide bonds. The van der Waals surface area contributed by atoms with Crippen molar-refractivity contribution in [1.29, 1.82) is 0 Å². The highest BCUT2D eigenvalue weighted by molar-refractivity contribution is 5.87. The number of ether oxygens (including phenoxy) is 6. The highest BCUT2D eigenvalue weighted by Crippen LogP contribution is 2.36. The third kappa shape index (κ3) is 18.9. The van der Waals surface area contributed by atoms with E-state index in [0.717, 1.165) is 72.8 Å². The van der Waals surface area contributed by atoms with E-state index in [4.69, 9.17) is 30.4 Å². The maximum absolute atomic E-state index is 15.0. The molecule has 0 fully saturated rings. The number of benzene rings is 5. The second-order valence-corrected chi connectivity index (χ2v) is 16.0. The molecule has 0 bridgehead atoms. The molecule has 22 heteroatoms. The zero-order valence-corrected chi connectivity index (χ0v) is 38.2. The average molecular weight is 1040 g/mol. The van der Waals surface area contributed by atoms with Crippen LogP contribution in [0.15, 0.2) is 115 Å². The van der Waals surface area contributed by atoms with E-state index in [9.17, 15) is 44.7 Å². The molecule has 0 aliphatic heterocycles. The van der Waals surface area contributed by atoms with Crippen molar-refractivity contribution in [1.82, 2.24) is 0 Å². The van der Waals surface area contributed by atoms with E-state index in [1.165, 1.54) is 54.6 Å². The minimum Gasteiger partial charge on any atom is -0.493 e. The largest absolute Gasteiger partial charge is 0.493 e. The summed E-state index contributed by atoms with van der Waals surface area (Å²) in [5, 5.41) is 0. The van der Waals surface area contributed by atoms with Crippen LogP contribution in [0.25, 0.3) is 12.2 Å². The van der Waals surface area contributed by atoms with Gasteiger partial charge >= 0.3 is 36.5 Å². The van der Waals surface area contributed by atoms with Crippen molar-refractivity contribution in [3.63, 3.8) is 0 Å². The van der Waals surface area contributed by atoms with Crippen molar-refractivity contribution in [2.75, 3.05) is 37.9 Å². The lowest BCUT2D eigenvalue weighted by molar-refractivity contribution is -0.187. The molecule has 0 unspecified atom stereocenters. The van der Waals surface area contributed by atoms with Gasteiger partial charge in [0.15, 0.2) is 23.1 Å². The number of rotatable bonds is 25. The summed E-state index contributed by atoms with van der Waals surface area (Å²) in [6.07, 6.45) is -14.6. The van der Waals surface area contributed by atoms with Crippen molar-refractivity contribution in [2.24, 2.45) is 0 Å². The van der Waals surface area contributed by atoms with E-state index >= 15 is 17.6 Å². The van der Waals surface area contributed by atoms with Gasteiger partial charge in [-0.3, -0.25) is 0 Å². The Balaban J connectivity index is 1.11. The van der Waals surface area contributed by atoms with E-state index < -0.39 is 89.5 Å². The molecule has 0 spiro atoms. The molecule has 0 aliphatic rings. The fourth-order valence-electron chi connectivity index (χ4n) is 6.50. The van der Waals surface area contributed by atoms with E-state index in [1.807, 2.05) is 0 Å². The van der Waals surface area contributed by atoms with E-state index in [0.29, 0.717) is 11.3 Å². The highest BCUT2D eigenvalue weighted by atomic mass is 19.4. The number of carbonyl (C=O) groups is 2. The summed E-state index contributed by atoms with van der Waals surface area (Å²) in [7, 11) is 0. The predicted octanol–water partition coefficient (Wildman–Crippen LogP) is 13.2. The zero-order chi connectivity index (χ0) is 53.4. The average Bonchev–Trinajstić information content (AvgIpc) is 3.31. The van der Waals surface area contributed by atoms with Gasteiger partial charge in [-0.1, -0.05) is 30.3 Å². The Morgan fingerprint density at radius 2 is 0.932 bits per heavy atom. The molecule has 0 saturated heterocycles. The van der Waals surface area contributed by atoms with Crippen LogP contribution in [0.2, 0.25) is 0 Å². The number of nitrogen functional groups attached to an aromatic ring is 2. The first-order chi connectivity index (χ1) is 34.4. The summed E-state index contributed by atoms with van der Waals surface area (Å²) < 4.78 is 193. The molecule has 4 N–H and O–H groups in total. The van der Waals surface area contributed by atoms with Gasteiger partial charge in [0.25, 0.3) is 0 Å².